The Balaban J connectivity index is 2.68. The summed E-state index contributed by atoms with van der Waals surface area (Å²) in [4.78, 5) is 17.5. The molecule has 1 heterocycles. The monoisotopic (exact) mass is 275 g/mol. The van der Waals surface area contributed by atoms with Crippen molar-refractivity contribution in [2.45, 2.75) is 6.42 Å². The van der Waals surface area contributed by atoms with Crippen LogP contribution in [0.3, 0.4) is 0 Å². The van der Waals surface area contributed by atoms with Crippen molar-refractivity contribution in [3.8, 4) is 0 Å². The van der Waals surface area contributed by atoms with E-state index in [2.05, 4.69) is 10.3 Å². The molecule has 0 aliphatic carbocycles. The first-order chi connectivity index (χ1) is 8.06. The number of carbonyl (C=O) groups is 1. The normalized spacial score (nSPS) is 10.4. The Kier molecular flexibility index (Phi) is 5.68. The topological polar surface area (TPSA) is 45.2 Å². The molecule has 1 aromatic rings. The molecule has 0 bridgehead atoms. The lowest BCUT2D eigenvalue weighted by Crippen LogP contribution is -2.29. The number of nitrogens with zero attached hydrogens (tertiary/aromatic N) is 2. The highest BCUT2D eigenvalue weighted by atomic mass is 35.5. The molecule has 4 nitrogen and oxygen atoms in total. The van der Waals surface area contributed by atoms with Crippen LogP contribution in [0.2, 0.25) is 10.3 Å². The average Bonchev–Trinajstić information content (AvgIpc) is 2.28. The predicted molar refractivity (Wildman–Crippen MR) is 69.8 cm³/mol. The van der Waals surface area contributed by atoms with Gasteiger partial charge in [0.2, 0.25) is 0 Å². The summed E-state index contributed by atoms with van der Waals surface area (Å²) in [5.41, 5.74) is 0.378. The van der Waals surface area contributed by atoms with Crippen LogP contribution in [0.15, 0.2) is 12.1 Å². The fraction of sp³-hybridized carbons (Fsp3) is 0.455. The number of rotatable bonds is 5. The fourth-order valence-electron chi connectivity index (χ4n) is 1.37. The van der Waals surface area contributed by atoms with Gasteiger partial charge in [0, 0.05) is 13.6 Å². The van der Waals surface area contributed by atoms with E-state index in [4.69, 9.17) is 23.2 Å². The Hall–Kier alpha value is -0.840. The standard InChI is InChI=1S/C11H15Cl2N3O/c1-14-6-3-7-16(2)11(17)8-4-5-9(12)15-10(8)13/h4-5,14H,3,6-7H2,1-2H3. The Bertz CT molecular complexity index is 398. The molecule has 1 rings (SSSR count). The van der Waals surface area contributed by atoms with E-state index in [0.717, 1.165) is 13.0 Å². The average molecular weight is 276 g/mol. The molecule has 17 heavy (non-hydrogen) atoms. The first-order valence-corrected chi connectivity index (χ1v) is 6.04. The molecule has 0 saturated heterocycles. The van der Waals surface area contributed by atoms with Gasteiger partial charge in [-0.3, -0.25) is 4.79 Å². The molecule has 0 aliphatic rings. The Morgan fingerprint density at radius 1 is 1.47 bits per heavy atom. The van der Waals surface area contributed by atoms with Crippen molar-refractivity contribution in [1.82, 2.24) is 15.2 Å². The number of carbonyl (C=O) groups excluding carboxylic acids is 1. The molecule has 0 saturated carbocycles. The minimum atomic E-state index is -0.143. The van der Waals surface area contributed by atoms with Gasteiger partial charge in [0.05, 0.1) is 5.56 Å². The lowest BCUT2D eigenvalue weighted by Gasteiger charge is -2.17. The second-order valence-electron chi connectivity index (χ2n) is 3.66. The summed E-state index contributed by atoms with van der Waals surface area (Å²) in [5, 5.41) is 3.45. The number of pyridine rings is 1. The van der Waals surface area contributed by atoms with Gasteiger partial charge in [-0.05, 0) is 32.1 Å². The maximum atomic E-state index is 12.0. The summed E-state index contributed by atoms with van der Waals surface area (Å²) >= 11 is 11.5. The van der Waals surface area contributed by atoms with E-state index in [-0.39, 0.29) is 16.2 Å². The van der Waals surface area contributed by atoms with Gasteiger partial charge in [0.15, 0.2) is 0 Å². The van der Waals surface area contributed by atoms with Crippen LogP contribution in [0.5, 0.6) is 0 Å². The third kappa shape index (κ3) is 4.15. The summed E-state index contributed by atoms with van der Waals surface area (Å²) in [7, 11) is 3.62. The van der Waals surface area contributed by atoms with Gasteiger partial charge >= 0.3 is 0 Å². The van der Waals surface area contributed by atoms with Crippen molar-refractivity contribution in [3.05, 3.63) is 28.0 Å². The molecule has 0 spiro atoms. The lowest BCUT2D eigenvalue weighted by molar-refractivity contribution is 0.0793. The molecular formula is C11H15Cl2N3O. The quantitative estimate of drug-likeness (QED) is 0.661. The molecule has 1 amide bonds. The van der Waals surface area contributed by atoms with Crippen LogP contribution in [-0.4, -0.2) is 43.0 Å². The Morgan fingerprint density at radius 2 is 2.18 bits per heavy atom. The van der Waals surface area contributed by atoms with Crippen molar-refractivity contribution < 1.29 is 4.79 Å². The van der Waals surface area contributed by atoms with Crippen LogP contribution in [0.25, 0.3) is 0 Å². The third-order valence-corrected chi connectivity index (χ3v) is 2.81. The minimum Gasteiger partial charge on any atom is -0.342 e. The van der Waals surface area contributed by atoms with Crippen LogP contribution >= 0.6 is 23.2 Å². The van der Waals surface area contributed by atoms with E-state index >= 15 is 0 Å². The molecule has 0 atom stereocenters. The van der Waals surface area contributed by atoms with Crippen LogP contribution in [0.4, 0.5) is 0 Å². The molecule has 0 aliphatic heterocycles. The molecular weight excluding hydrogens is 261 g/mol. The Morgan fingerprint density at radius 3 is 2.76 bits per heavy atom. The smallest absolute Gasteiger partial charge is 0.256 e. The van der Waals surface area contributed by atoms with Gasteiger partial charge in [-0.2, -0.15) is 0 Å². The lowest BCUT2D eigenvalue weighted by atomic mass is 10.2. The summed E-state index contributed by atoms with van der Waals surface area (Å²) in [6.45, 7) is 1.53. The number of amides is 1. The first-order valence-electron chi connectivity index (χ1n) is 5.28. The maximum Gasteiger partial charge on any atom is 0.256 e. The van der Waals surface area contributed by atoms with E-state index in [0.29, 0.717) is 12.1 Å². The van der Waals surface area contributed by atoms with E-state index in [1.165, 1.54) is 0 Å². The Labute approximate surface area is 111 Å². The van der Waals surface area contributed by atoms with Gasteiger partial charge in [0.25, 0.3) is 5.91 Å². The summed E-state index contributed by atoms with van der Waals surface area (Å²) in [5.74, 6) is -0.143. The highest BCUT2D eigenvalue weighted by molar-refractivity contribution is 6.34. The molecule has 0 radical (unpaired) electrons. The van der Waals surface area contributed by atoms with Crippen LogP contribution in [0, 0.1) is 0 Å². The van der Waals surface area contributed by atoms with Crippen molar-refractivity contribution in [3.63, 3.8) is 0 Å². The molecule has 94 valence electrons. The fourth-order valence-corrected chi connectivity index (χ4v) is 1.80. The molecule has 0 aromatic carbocycles. The second kappa shape index (κ2) is 6.79. The molecule has 1 N–H and O–H groups in total. The SMILES string of the molecule is CNCCCN(C)C(=O)c1ccc(Cl)nc1Cl. The first kappa shape index (κ1) is 14.2. The zero-order valence-corrected chi connectivity index (χ0v) is 11.3. The van der Waals surface area contributed by atoms with Gasteiger partial charge < -0.3 is 10.2 Å². The van der Waals surface area contributed by atoms with Crippen molar-refractivity contribution in [2.75, 3.05) is 27.2 Å². The van der Waals surface area contributed by atoms with Crippen LogP contribution < -0.4 is 5.32 Å². The summed E-state index contributed by atoms with van der Waals surface area (Å²) in [6, 6.07) is 3.15. The predicted octanol–water partition coefficient (Wildman–Crippen LogP) is 2.07. The number of nitrogens with one attached hydrogen (secondary N) is 1. The molecule has 1 aromatic heterocycles. The maximum absolute atomic E-state index is 12.0. The third-order valence-electron chi connectivity index (χ3n) is 2.31. The van der Waals surface area contributed by atoms with E-state index in [1.54, 1.807) is 24.1 Å². The van der Waals surface area contributed by atoms with Crippen LogP contribution in [0.1, 0.15) is 16.8 Å². The van der Waals surface area contributed by atoms with Gasteiger partial charge in [-0.25, -0.2) is 4.98 Å². The number of hydrogen-bond acceptors (Lipinski definition) is 3. The number of halogens is 2. The zero-order valence-electron chi connectivity index (χ0n) is 9.83. The molecule has 0 unspecified atom stereocenters. The highest BCUT2D eigenvalue weighted by Gasteiger charge is 2.15. The molecule has 6 heteroatoms. The number of hydrogen-bond donors (Lipinski definition) is 1. The van der Waals surface area contributed by atoms with E-state index in [1.807, 2.05) is 7.05 Å². The second-order valence-corrected chi connectivity index (χ2v) is 4.40. The van der Waals surface area contributed by atoms with Gasteiger partial charge in [-0.15, -0.1) is 0 Å². The number of aromatic nitrogens is 1. The van der Waals surface area contributed by atoms with E-state index in [9.17, 15) is 4.79 Å². The summed E-state index contributed by atoms with van der Waals surface area (Å²) in [6.07, 6.45) is 0.886. The largest absolute Gasteiger partial charge is 0.342 e. The summed E-state index contributed by atoms with van der Waals surface area (Å²) < 4.78 is 0. The van der Waals surface area contributed by atoms with Crippen molar-refractivity contribution in [1.29, 1.82) is 0 Å². The van der Waals surface area contributed by atoms with Crippen LogP contribution in [-0.2, 0) is 0 Å². The highest BCUT2D eigenvalue weighted by Crippen LogP contribution is 2.17. The zero-order chi connectivity index (χ0) is 12.8. The molecule has 0 fully saturated rings. The van der Waals surface area contributed by atoms with Gasteiger partial charge in [-0.1, -0.05) is 23.2 Å². The minimum absolute atomic E-state index is 0.142. The van der Waals surface area contributed by atoms with Crippen molar-refractivity contribution in [2.24, 2.45) is 0 Å². The van der Waals surface area contributed by atoms with Gasteiger partial charge in [0.1, 0.15) is 10.3 Å². The van der Waals surface area contributed by atoms with E-state index < -0.39 is 0 Å². The van der Waals surface area contributed by atoms with Crippen molar-refractivity contribution >= 4 is 29.1 Å².